The summed E-state index contributed by atoms with van der Waals surface area (Å²) in [5.74, 6) is -0.226. The van der Waals surface area contributed by atoms with Crippen LogP contribution in [-0.2, 0) is 17.9 Å². The lowest BCUT2D eigenvalue weighted by atomic mass is 10.2. The number of carbonyl (C=O) groups excluding carboxylic acids is 1. The van der Waals surface area contributed by atoms with Gasteiger partial charge in [0.05, 0.1) is 12.2 Å². The largest absolute Gasteiger partial charge is 0.335 e. The molecule has 0 bridgehead atoms. The van der Waals surface area contributed by atoms with Crippen molar-refractivity contribution in [2.45, 2.75) is 46.3 Å². The molecule has 2 aromatic heterocycles. The molecule has 0 aliphatic carbocycles. The van der Waals surface area contributed by atoms with Crippen molar-refractivity contribution in [3.8, 4) is 0 Å². The molecule has 0 aromatic carbocycles. The monoisotopic (exact) mass is 385 g/mol. The van der Waals surface area contributed by atoms with Gasteiger partial charge in [0, 0.05) is 37.6 Å². The second-order valence-electron chi connectivity index (χ2n) is 5.92. The number of likely N-dealkylation sites (N-methyl/N-ethyl adjacent to an activating group) is 1. The summed E-state index contributed by atoms with van der Waals surface area (Å²) in [6, 6.07) is 0. The van der Waals surface area contributed by atoms with Crippen molar-refractivity contribution >= 4 is 23.6 Å². The van der Waals surface area contributed by atoms with Crippen LogP contribution in [0.5, 0.6) is 0 Å². The summed E-state index contributed by atoms with van der Waals surface area (Å²) in [6.07, 6.45) is 7.41. The van der Waals surface area contributed by atoms with E-state index in [1.54, 1.807) is 10.8 Å². The Bertz CT molecular complexity index is 784. The first-order valence-corrected chi connectivity index (χ1v) is 8.68. The van der Waals surface area contributed by atoms with Gasteiger partial charge in [-0.05, 0) is 19.4 Å². The number of halogens is 3. The number of nitrogens with zero attached hydrogens (tertiary/aromatic N) is 5. The molecular weight excluding hydrogens is 364 g/mol. The summed E-state index contributed by atoms with van der Waals surface area (Å²) >= 11 is 6.33. The van der Waals surface area contributed by atoms with Gasteiger partial charge in [-0.1, -0.05) is 24.9 Å². The fraction of sp³-hybridized carbons (Fsp3) is 0.471. The van der Waals surface area contributed by atoms with E-state index in [4.69, 9.17) is 11.6 Å². The molecule has 0 spiro atoms. The zero-order chi connectivity index (χ0) is 19.3. The molecule has 2 aromatic rings. The van der Waals surface area contributed by atoms with Gasteiger partial charge in [0.1, 0.15) is 11.0 Å². The molecule has 0 unspecified atom stereocenters. The molecule has 9 heteroatoms. The van der Waals surface area contributed by atoms with Gasteiger partial charge in [-0.15, -0.1) is 0 Å². The van der Waals surface area contributed by atoms with Crippen LogP contribution in [0.4, 0.5) is 8.78 Å². The van der Waals surface area contributed by atoms with Crippen LogP contribution in [-0.4, -0.2) is 37.2 Å². The Morgan fingerprint density at radius 3 is 2.85 bits per heavy atom. The van der Waals surface area contributed by atoms with Crippen molar-refractivity contribution in [1.82, 2.24) is 24.2 Å². The topological polar surface area (TPSA) is 56.0 Å². The number of aryl methyl sites for hydroxylation is 2. The zero-order valence-corrected chi connectivity index (χ0v) is 15.7. The summed E-state index contributed by atoms with van der Waals surface area (Å²) in [4.78, 5) is 17.4. The third-order valence-electron chi connectivity index (χ3n) is 3.94. The third-order valence-corrected chi connectivity index (χ3v) is 4.34. The summed E-state index contributed by atoms with van der Waals surface area (Å²) in [6.45, 7) is 1.90. The number of hydrogen-bond donors (Lipinski definition) is 0. The lowest BCUT2D eigenvalue weighted by Gasteiger charge is -2.15. The highest BCUT2D eigenvalue weighted by Crippen LogP contribution is 2.22. The van der Waals surface area contributed by atoms with E-state index in [0.717, 1.165) is 23.1 Å². The van der Waals surface area contributed by atoms with Crippen molar-refractivity contribution in [3.05, 3.63) is 40.7 Å². The molecule has 26 heavy (non-hydrogen) atoms. The molecule has 0 radical (unpaired) electrons. The van der Waals surface area contributed by atoms with Crippen molar-refractivity contribution in [2.75, 3.05) is 7.05 Å². The molecule has 0 saturated heterocycles. The predicted octanol–water partition coefficient (Wildman–Crippen LogP) is 3.91. The van der Waals surface area contributed by atoms with Crippen LogP contribution in [0.3, 0.4) is 0 Å². The lowest BCUT2D eigenvalue weighted by molar-refractivity contribution is -0.125. The fourth-order valence-electron chi connectivity index (χ4n) is 2.43. The zero-order valence-electron chi connectivity index (χ0n) is 15.0. The number of hydrogen-bond acceptors (Lipinski definition) is 3. The molecule has 0 fully saturated rings. The maximum atomic E-state index is 12.8. The van der Waals surface area contributed by atoms with Crippen LogP contribution in [0.2, 0.25) is 5.15 Å². The second-order valence-corrected chi connectivity index (χ2v) is 6.28. The van der Waals surface area contributed by atoms with Crippen molar-refractivity contribution in [3.63, 3.8) is 0 Å². The Morgan fingerprint density at radius 1 is 1.46 bits per heavy atom. The van der Waals surface area contributed by atoms with Gasteiger partial charge in [0.15, 0.2) is 0 Å². The number of imidazole rings is 1. The van der Waals surface area contributed by atoms with Gasteiger partial charge in [-0.3, -0.25) is 14.0 Å². The first-order chi connectivity index (χ1) is 12.3. The van der Waals surface area contributed by atoms with Crippen molar-refractivity contribution in [1.29, 1.82) is 0 Å². The lowest BCUT2D eigenvalue weighted by Crippen LogP contribution is -2.26. The molecule has 0 N–H and O–H groups in total. The number of aromatic nitrogens is 4. The van der Waals surface area contributed by atoms with E-state index in [0.29, 0.717) is 17.3 Å². The molecule has 0 atom stereocenters. The summed E-state index contributed by atoms with van der Waals surface area (Å²) in [5.41, 5.74) is 1.41. The van der Waals surface area contributed by atoms with Crippen LogP contribution in [0.1, 0.15) is 43.4 Å². The molecule has 0 aliphatic heterocycles. The van der Waals surface area contributed by atoms with E-state index < -0.39 is 6.55 Å². The first kappa shape index (κ1) is 20.1. The predicted molar refractivity (Wildman–Crippen MR) is 95.9 cm³/mol. The van der Waals surface area contributed by atoms with Crippen LogP contribution in [0.15, 0.2) is 18.5 Å². The van der Waals surface area contributed by atoms with E-state index in [2.05, 4.69) is 17.0 Å². The number of amides is 1. The summed E-state index contributed by atoms with van der Waals surface area (Å²) < 4.78 is 28.1. The van der Waals surface area contributed by atoms with Crippen LogP contribution in [0.25, 0.3) is 6.08 Å². The van der Waals surface area contributed by atoms with Crippen LogP contribution in [0, 0.1) is 6.92 Å². The molecule has 2 heterocycles. The minimum absolute atomic E-state index is 0.0248. The SMILES string of the molecule is CCCCn1nc(C)c(/C=C/C(=O)N(C)Cc2nccn2C(F)F)c1Cl. The van der Waals surface area contributed by atoms with Gasteiger partial charge in [0.2, 0.25) is 5.91 Å². The second kappa shape index (κ2) is 8.93. The minimum atomic E-state index is -2.69. The van der Waals surface area contributed by atoms with Gasteiger partial charge < -0.3 is 4.90 Å². The average molecular weight is 386 g/mol. The molecule has 2 rings (SSSR count). The number of alkyl halides is 2. The highest BCUT2D eigenvalue weighted by molar-refractivity contribution is 6.31. The average Bonchev–Trinajstić information content (AvgIpc) is 3.16. The van der Waals surface area contributed by atoms with E-state index in [-0.39, 0.29) is 18.3 Å². The molecular formula is C17H22ClF2N5O. The molecule has 142 valence electrons. The molecule has 0 aliphatic rings. The number of carbonyl (C=O) groups is 1. The Kier molecular flexibility index (Phi) is 6.90. The molecule has 1 amide bonds. The Hall–Kier alpha value is -2.22. The van der Waals surface area contributed by atoms with Gasteiger partial charge >= 0.3 is 6.55 Å². The summed E-state index contributed by atoms with van der Waals surface area (Å²) in [5, 5.41) is 4.86. The quantitative estimate of drug-likeness (QED) is 0.647. The van der Waals surface area contributed by atoms with Crippen molar-refractivity contribution in [2.24, 2.45) is 0 Å². The van der Waals surface area contributed by atoms with Crippen LogP contribution < -0.4 is 0 Å². The summed E-state index contributed by atoms with van der Waals surface area (Å²) in [7, 11) is 1.52. The Morgan fingerprint density at radius 2 is 2.19 bits per heavy atom. The number of unbranched alkanes of at least 4 members (excludes halogenated alkanes) is 1. The third kappa shape index (κ3) is 4.69. The highest BCUT2D eigenvalue weighted by atomic mass is 35.5. The number of rotatable bonds is 8. The van der Waals surface area contributed by atoms with Gasteiger partial charge in [0.25, 0.3) is 0 Å². The van der Waals surface area contributed by atoms with Crippen molar-refractivity contribution < 1.29 is 13.6 Å². The molecule has 0 saturated carbocycles. The smallest absolute Gasteiger partial charge is 0.319 e. The fourth-order valence-corrected chi connectivity index (χ4v) is 2.75. The van der Waals surface area contributed by atoms with E-state index in [9.17, 15) is 13.6 Å². The standard InChI is InChI=1S/C17H22ClF2N5O/c1-4-5-9-25-16(18)13(12(2)22-25)6-7-15(26)23(3)11-14-21-8-10-24(14)17(19)20/h6-8,10,17H,4-5,9,11H2,1-3H3/b7-6+. The Balaban J connectivity index is 2.07. The van der Waals surface area contributed by atoms with E-state index in [1.807, 2.05) is 6.92 Å². The molecule has 6 nitrogen and oxygen atoms in total. The maximum Gasteiger partial charge on any atom is 0.319 e. The Labute approximate surface area is 156 Å². The maximum absolute atomic E-state index is 12.8. The minimum Gasteiger partial charge on any atom is -0.335 e. The van der Waals surface area contributed by atoms with E-state index >= 15 is 0 Å². The normalized spacial score (nSPS) is 11.7. The van der Waals surface area contributed by atoms with Gasteiger partial charge in [-0.2, -0.15) is 13.9 Å². The highest BCUT2D eigenvalue weighted by Gasteiger charge is 2.16. The first-order valence-electron chi connectivity index (χ1n) is 8.31. The van der Waals surface area contributed by atoms with Gasteiger partial charge in [-0.25, -0.2) is 4.98 Å². The van der Waals surface area contributed by atoms with E-state index in [1.165, 1.54) is 30.4 Å². The van der Waals surface area contributed by atoms with Crippen LogP contribution >= 0.6 is 11.6 Å².